The molecule has 2 aliphatic rings. The van der Waals surface area contributed by atoms with Crippen molar-refractivity contribution in [3.05, 3.63) is 89.1 Å². The van der Waals surface area contributed by atoms with E-state index < -0.39 is 6.16 Å². The Morgan fingerprint density at radius 1 is 0.925 bits per heavy atom. The molecule has 0 N–H and O–H groups in total. The Kier molecular flexibility index (Phi) is 7.66. The molecule has 3 heterocycles. The summed E-state index contributed by atoms with van der Waals surface area (Å²) in [5.74, 6) is 0.118. The standard InChI is InChI=1S/C31H30FN3O4S/c32-24-19-28(26-11-17-40-29(26)20-24)34-15-13-33(14-16-34)12-10-22-6-7-23-8-9-30(36)35(27(23)18-22)21-38-31(37)39-25-4-2-1-3-5-25/h1-7,11,17-20H,8-10,12-16,21H2. The molecule has 0 unspecified atom stereocenters. The number of carbonyl (C=O) groups excluding carboxylic acids is 2. The molecule has 0 bridgehead atoms. The molecule has 0 spiro atoms. The highest BCUT2D eigenvalue weighted by Crippen LogP contribution is 2.33. The number of para-hydroxylation sites is 1. The van der Waals surface area contributed by atoms with Crippen LogP contribution >= 0.6 is 11.3 Å². The van der Waals surface area contributed by atoms with Gasteiger partial charge in [-0.05, 0) is 65.7 Å². The Balaban J connectivity index is 1.05. The largest absolute Gasteiger partial charge is 0.515 e. The number of carbonyl (C=O) groups is 2. The molecule has 206 valence electrons. The predicted molar refractivity (Wildman–Crippen MR) is 155 cm³/mol. The van der Waals surface area contributed by atoms with Crippen molar-refractivity contribution >= 4 is 44.9 Å². The van der Waals surface area contributed by atoms with Gasteiger partial charge in [0.15, 0.2) is 6.73 Å². The Labute approximate surface area is 236 Å². The van der Waals surface area contributed by atoms with Crippen LogP contribution in [0.15, 0.2) is 72.1 Å². The number of hydrogen-bond acceptors (Lipinski definition) is 7. The predicted octanol–water partition coefficient (Wildman–Crippen LogP) is 5.86. The minimum Gasteiger partial charge on any atom is -0.412 e. The number of nitrogens with zero attached hydrogens (tertiary/aromatic N) is 3. The lowest BCUT2D eigenvalue weighted by Gasteiger charge is -2.36. The van der Waals surface area contributed by atoms with Crippen LogP contribution in [0.3, 0.4) is 0 Å². The van der Waals surface area contributed by atoms with E-state index in [1.807, 2.05) is 17.5 Å². The molecule has 0 saturated carbocycles. The molecule has 9 heteroatoms. The molecule has 1 aromatic heterocycles. The van der Waals surface area contributed by atoms with Gasteiger partial charge in [0.2, 0.25) is 5.91 Å². The smallest absolute Gasteiger partial charge is 0.412 e. The summed E-state index contributed by atoms with van der Waals surface area (Å²) in [4.78, 5) is 31.2. The summed E-state index contributed by atoms with van der Waals surface area (Å²) in [5, 5.41) is 3.13. The highest BCUT2D eigenvalue weighted by Gasteiger charge is 2.26. The van der Waals surface area contributed by atoms with E-state index in [4.69, 9.17) is 9.47 Å². The second-order valence-corrected chi connectivity index (χ2v) is 11.0. The van der Waals surface area contributed by atoms with Crippen LogP contribution in [0.2, 0.25) is 0 Å². The molecule has 1 saturated heterocycles. The Bertz CT molecular complexity index is 1520. The molecule has 40 heavy (non-hydrogen) atoms. The molecule has 2 aliphatic heterocycles. The van der Waals surface area contributed by atoms with Crippen LogP contribution in [0.1, 0.15) is 17.5 Å². The fourth-order valence-electron chi connectivity index (χ4n) is 5.39. The van der Waals surface area contributed by atoms with Crippen molar-refractivity contribution in [3.63, 3.8) is 0 Å². The van der Waals surface area contributed by atoms with Gasteiger partial charge in [0, 0.05) is 54.9 Å². The Morgan fingerprint density at radius 3 is 2.58 bits per heavy atom. The van der Waals surface area contributed by atoms with E-state index in [0.717, 1.165) is 71.7 Å². The number of hydrogen-bond donors (Lipinski definition) is 0. The van der Waals surface area contributed by atoms with Crippen molar-refractivity contribution in [1.82, 2.24) is 4.90 Å². The average Bonchev–Trinajstić information content (AvgIpc) is 3.44. The highest BCUT2D eigenvalue weighted by molar-refractivity contribution is 7.17. The van der Waals surface area contributed by atoms with Crippen LogP contribution in [0, 0.1) is 5.82 Å². The molecular weight excluding hydrogens is 529 g/mol. The number of fused-ring (bicyclic) bond motifs is 2. The van der Waals surface area contributed by atoms with E-state index in [1.54, 1.807) is 47.7 Å². The molecule has 0 aliphatic carbocycles. The first kappa shape index (κ1) is 26.3. The van der Waals surface area contributed by atoms with Gasteiger partial charge in [-0.15, -0.1) is 11.3 Å². The molecule has 3 aromatic carbocycles. The first-order valence-electron chi connectivity index (χ1n) is 13.5. The van der Waals surface area contributed by atoms with Gasteiger partial charge in [0.05, 0.1) is 5.69 Å². The minimum absolute atomic E-state index is 0.0784. The van der Waals surface area contributed by atoms with Crippen molar-refractivity contribution in [2.24, 2.45) is 0 Å². The monoisotopic (exact) mass is 559 g/mol. The SMILES string of the molecule is O=C(OCN1C(=O)CCc2ccc(CCN3CCN(c4cc(F)cc5sccc45)CC3)cc21)Oc1ccccc1. The molecule has 0 atom stereocenters. The summed E-state index contributed by atoms with van der Waals surface area (Å²) >= 11 is 1.57. The summed E-state index contributed by atoms with van der Waals surface area (Å²) < 4.78 is 25.6. The first-order valence-corrected chi connectivity index (χ1v) is 14.4. The maximum Gasteiger partial charge on any atom is 0.515 e. The summed E-state index contributed by atoms with van der Waals surface area (Å²) in [6.45, 7) is 4.18. The van der Waals surface area contributed by atoms with Crippen LogP contribution in [0.5, 0.6) is 5.75 Å². The maximum atomic E-state index is 14.2. The second kappa shape index (κ2) is 11.7. The number of rotatable bonds is 7. The van der Waals surface area contributed by atoms with E-state index in [1.165, 1.54) is 4.90 Å². The van der Waals surface area contributed by atoms with E-state index >= 15 is 0 Å². The minimum atomic E-state index is -0.848. The van der Waals surface area contributed by atoms with Gasteiger partial charge in [0.25, 0.3) is 0 Å². The summed E-state index contributed by atoms with van der Waals surface area (Å²) in [7, 11) is 0. The molecule has 6 rings (SSSR count). The third-order valence-corrected chi connectivity index (χ3v) is 8.41. The lowest BCUT2D eigenvalue weighted by atomic mass is 9.98. The zero-order valence-corrected chi connectivity index (χ0v) is 22.9. The first-order chi connectivity index (χ1) is 19.5. The van der Waals surface area contributed by atoms with Crippen LogP contribution in [-0.2, 0) is 22.4 Å². The van der Waals surface area contributed by atoms with E-state index in [0.29, 0.717) is 18.6 Å². The quantitative estimate of drug-likeness (QED) is 0.209. The van der Waals surface area contributed by atoms with Gasteiger partial charge in [-0.25, -0.2) is 9.18 Å². The van der Waals surface area contributed by atoms with Crippen molar-refractivity contribution in [1.29, 1.82) is 0 Å². The van der Waals surface area contributed by atoms with Crippen LogP contribution < -0.4 is 14.5 Å². The number of thiophene rings is 1. The Hall–Kier alpha value is -3.95. The zero-order valence-electron chi connectivity index (χ0n) is 22.1. The van der Waals surface area contributed by atoms with Crippen molar-refractivity contribution < 1.29 is 23.5 Å². The molecule has 1 fully saturated rings. The van der Waals surface area contributed by atoms with Crippen LogP contribution in [-0.4, -0.2) is 56.4 Å². The maximum absolute atomic E-state index is 14.2. The van der Waals surface area contributed by atoms with Crippen LogP contribution in [0.4, 0.5) is 20.6 Å². The van der Waals surface area contributed by atoms with Crippen molar-refractivity contribution in [2.75, 3.05) is 49.3 Å². The summed E-state index contributed by atoms with van der Waals surface area (Å²) in [6.07, 6.45) is 1.02. The lowest BCUT2D eigenvalue weighted by molar-refractivity contribution is -0.119. The van der Waals surface area contributed by atoms with Gasteiger partial charge in [-0.2, -0.15) is 0 Å². The molecule has 4 aromatic rings. The van der Waals surface area contributed by atoms with E-state index in [-0.39, 0.29) is 18.5 Å². The number of benzene rings is 3. The number of halogens is 1. The number of ether oxygens (including phenoxy) is 2. The van der Waals surface area contributed by atoms with E-state index in [2.05, 4.69) is 28.0 Å². The van der Waals surface area contributed by atoms with Gasteiger partial charge < -0.3 is 14.4 Å². The van der Waals surface area contributed by atoms with Crippen molar-refractivity contribution in [2.45, 2.75) is 19.3 Å². The number of anilines is 2. The Morgan fingerprint density at radius 2 is 1.75 bits per heavy atom. The molecule has 1 amide bonds. The number of aryl methyl sites for hydroxylation is 1. The molecular formula is C31H30FN3O4S. The summed E-state index contributed by atoms with van der Waals surface area (Å²) in [6, 6.07) is 20.2. The number of amides is 1. The second-order valence-electron chi connectivity index (χ2n) is 10.1. The topological polar surface area (TPSA) is 62.3 Å². The van der Waals surface area contributed by atoms with E-state index in [9.17, 15) is 14.0 Å². The summed E-state index contributed by atoms with van der Waals surface area (Å²) in [5.41, 5.74) is 3.95. The molecule has 7 nitrogen and oxygen atoms in total. The zero-order chi connectivity index (χ0) is 27.5. The van der Waals surface area contributed by atoms with Crippen molar-refractivity contribution in [3.8, 4) is 5.75 Å². The highest BCUT2D eigenvalue weighted by atomic mass is 32.1. The van der Waals surface area contributed by atoms with Gasteiger partial charge in [-0.1, -0.05) is 30.3 Å². The van der Waals surface area contributed by atoms with Crippen LogP contribution in [0.25, 0.3) is 10.1 Å². The van der Waals surface area contributed by atoms with Gasteiger partial charge >= 0.3 is 6.16 Å². The fourth-order valence-corrected chi connectivity index (χ4v) is 6.22. The average molecular weight is 560 g/mol. The fraction of sp³-hybridized carbons (Fsp3) is 0.290. The number of piperazine rings is 1. The van der Waals surface area contributed by atoms with Gasteiger partial charge in [0.1, 0.15) is 11.6 Å². The third-order valence-electron chi connectivity index (χ3n) is 7.55. The lowest BCUT2D eigenvalue weighted by Crippen LogP contribution is -2.47. The molecule has 0 radical (unpaired) electrons. The normalized spacial score (nSPS) is 15.8. The third kappa shape index (κ3) is 5.80. The van der Waals surface area contributed by atoms with Gasteiger partial charge in [-0.3, -0.25) is 14.6 Å².